The van der Waals surface area contributed by atoms with E-state index in [-0.39, 0.29) is 24.8 Å². The number of amides is 1. The van der Waals surface area contributed by atoms with Gasteiger partial charge >= 0.3 is 5.97 Å². The van der Waals surface area contributed by atoms with Crippen molar-refractivity contribution in [1.29, 1.82) is 0 Å². The highest BCUT2D eigenvalue weighted by Crippen LogP contribution is 2.16. The minimum Gasteiger partial charge on any atom is -0.481 e. The molecule has 0 aromatic heterocycles. The summed E-state index contributed by atoms with van der Waals surface area (Å²) >= 11 is 0. The lowest BCUT2D eigenvalue weighted by Crippen LogP contribution is -2.47. The third-order valence-electron chi connectivity index (χ3n) is 3.17. The van der Waals surface area contributed by atoms with Crippen molar-refractivity contribution in [3.05, 3.63) is 0 Å². The van der Waals surface area contributed by atoms with Gasteiger partial charge < -0.3 is 20.8 Å². The Morgan fingerprint density at radius 2 is 2.17 bits per heavy atom. The fraction of sp³-hybridized carbons (Fsp3) is 0.833. The number of hydrogen-bond donors (Lipinski definition) is 4. The predicted molar refractivity (Wildman–Crippen MR) is 66.1 cm³/mol. The Labute approximate surface area is 107 Å². The number of aliphatic carboxylic acids is 1. The quantitative estimate of drug-likeness (QED) is 0.543. The monoisotopic (exact) mass is 258 g/mol. The van der Waals surface area contributed by atoms with Crippen molar-refractivity contribution in [3.8, 4) is 0 Å². The molecule has 3 unspecified atom stereocenters. The zero-order valence-corrected chi connectivity index (χ0v) is 10.9. The van der Waals surface area contributed by atoms with E-state index in [0.29, 0.717) is 6.04 Å². The summed E-state index contributed by atoms with van der Waals surface area (Å²) < 4.78 is 0. The summed E-state index contributed by atoms with van der Waals surface area (Å²) in [6, 6.07) is 0.314. The third kappa shape index (κ3) is 5.01. The second-order valence-electron chi connectivity index (χ2n) is 5.36. The third-order valence-corrected chi connectivity index (χ3v) is 3.17. The molecule has 1 rings (SSSR count). The molecule has 0 saturated carbocycles. The average Bonchev–Trinajstić information content (AvgIpc) is 2.24. The van der Waals surface area contributed by atoms with Gasteiger partial charge in [0.05, 0.1) is 12.0 Å². The van der Waals surface area contributed by atoms with Crippen LogP contribution in [0.3, 0.4) is 0 Å². The first-order valence-electron chi connectivity index (χ1n) is 6.25. The van der Waals surface area contributed by atoms with Crippen molar-refractivity contribution in [2.75, 3.05) is 13.1 Å². The summed E-state index contributed by atoms with van der Waals surface area (Å²) in [5, 5.41) is 24.3. The van der Waals surface area contributed by atoms with Gasteiger partial charge in [0.15, 0.2) is 0 Å². The lowest BCUT2D eigenvalue weighted by atomic mass is 9.92. The molecule has 6 heteroatoms. The first-order chi connectivity index (χ1) is 8.30. The molecule has 104 valence electrons. The molecule has 0 radical (unpaired) electrons. The van der Waals surface area contributed by atoms with Gasteiger partial charge in [0.1, 0.15) is 0 Å². The maximum absolute atomic E-state index is 11.9. The standard InChI is InChI=1S/C12H22N2O4/c1-8-5-9(3-4-13-8)11(17)14-7-12(2,18)6-10(15)16/h8-9,13,18H,3-7H2,1-2H3,(H,14,17)(H,15,16). The summed E-state index contributed by atoms with van der Waals surface area (Å²) in [5.41, 5.74) is -1.40. The van der Waals surface area contributed by atoms with Crippen LogP contribution in [0.5, 0.6) is 0 Å². The smallest absolute Gasteiger partial charge is 0.306 e. The zero-order valence-electron chi connectivity index (χ0n) is 10.9. The van der Waals surface area contributed by atoms with Crippen molar-refractivity contribution in [1.82, 2.24) is 10.6 Å². The molecule has 1 heterocycles. The molecule has 6 nitrogen and oxygen atoms in total. The van der Waals surface area contributed by atoms with Gasteiger partial charge in [-0.05, 0) is 33.2 Å². The van der Waals surface area contributed by atoms with E-state index in [1.807, 2.05) is 6.92 Å². The van der Waals surface area contributed by atoms with Gasteiger partial charge in [-0.15, -0.1) is 0 Å². The maximum Gasteiger partial charge on any atom is 0.306 e. The van der Waals surface area contributed by atoms with Crippen molar-refractivity contribution in [2.24, 2.45) is 5.92 Å². The number of piperidine rings is 1. The Morgan fingerprint density at radius 3 is 2.72 bits per heavy atom. The molecule has 3 atom stereocenters. The summed E-state index contributed by atoms with van der Waals surface area (Å²) in [6.07, 6.45) is 1.17. The normalized spacial score (nSPS) is 27.3. The average molecular weight is 258 g/mol. The van der Waals surface area contributed by atoms with E-state index in [1.165, 1.54) is 6.92 Å². The highest BCUT2D eigenvalue weighted by Gasteiger charge is 2.28. The number of carbonyl (C=O) groups is 2. The van der Waals surface area contributed by atoms with E-state index in [2.05, 4.69) is 10.6 Å². The predicted octanol–water partition coefficient (Wildman–Crippen LogP) is -0.284. The molecular formula is C12H22N2O4. The van der Waals surface area contributed by atoms with Crippen LogP contribution in [0.25, 0.3) is 0 Å². The molecule has 0 aliphatic carbocycles. The first kappa shape index (κ1) is 14.9. The summed E-state index contributed by atoms with van der Waals surface area (Å²) in [4.78, 5) is 22.4. The van der Waals surface area contributed by atoms with Gasteiger partial charge in [-0.1, -0.05) is 0 Å². The van der Waals surface area contributed by atoms with Gasteiger partial charge in [-0.3, -0.25) is 9.59 Å². The minimum absolute atomic E-state index is 0.0313. The second kappa shape index (κ2) is 6.15. The minimum atomic E-state index is -1.40. The van der Waals surface area contributed by atoms with E-state index < -0.39 is 11.6 Å². The van der Waals surface area contributed by atoms with Gasteiger partial charge in [-0.2, -0.15) is 0 Å². The van der Waals surface area contributed by atoms with Gasteiger partial charge in [0.2, 0.25) is 5.91 Å². The van der Waals surface area contributed by atoms with E-state index in [9.17, 15) is 14.7 Å². The molecule has 1 saturated heterocycles. The number of carboxylic acid groups (broad SMARTS) is 1. The number of rotatable bonds is 5. The van der Waals surface area contributed by atoms with Crippen LogP contribution in [0.1, 0.15) is 33.1 Å². The summed E-state index contributed by atoms with van der Waals surface area (Å²) in [7, 11) is 0. The number of carboxylic acids is 1. The van der Waals surface area contributed by atoms with Gasteiger partial charge in [0, 0.05) is 18.5 Å². The van der Waals surface area contributed by atoms with Crippen molar-refractivity contribution in [2.45, 2.75) is 44.8 Å². The van der Waals surface area contributed by atoms with Crippen LogP contribution in [0, 0.1) is 5.92 Å². The lowest BCUT2D eigenvalue weighted by molar-refractivity contribution is -0.142. The molecule has 1 aliphatic heterocycles. The van der Waals surface area contributed by atoms with Crippen molar-refractivity contribution >= 4 is 11.9 Å². The number of carbonyl (C=O) groups excluding carboxylic acids is 1. The van der Waals surface area contributed by atoms with Crippen LogP contribution in [0.2, 0.25) is 0 Å². The van der Waals surface area contributed by atoms with E-state index in [1.54, 1.807) is 0 Å². The topological polar surface area (TPSA) is 98.7 Å². The molecule has 18 heavy (non-hydrogen) atoms. The highest BCUT2D eigenvalue weighted by molar-refractivity contribution is 5.79. The number of hydrogen-bond acceptors (Lipinski definition) is 4. The first-order valence-corrected chi connectivity index (χ1v) is 6.25. The van der Waals surface area contributed by atoms with E-state index in [0.717, 1.165) is 19.4 Å². The molecule has 1 aliphatic rings. The Kier molecular flexibility index (Phi) is 5.10. The molecule has 0 bridgehead atoms. The van der Waals surface area contributed by atoms with E-state index in [4.69, 9.17) is 5.11 Å². The van der Waals surface area contributed by atoms with Gasteiger partial charge in [0.25, 0.3) is 0 Å². The van der Waals surface area contributed by atoms with Crippen molar-refractivity contribution in [3.63, 3.8) is 0 Å². The molecular weight excluding hydrogens is 236 g/mol. The molecule has 1 fully saturated rings. The van der Waals surface area contributed by atoms with Crippen LogP contribution in [0.15, 0.2) is 0 Å². The largest absolute Gasteiger partial charge is 0.481 e. The Morgan fingerprint density at radius 1 is 1.50 bits per heavy atom. The van der Waals surface area contributed by atoms with Crippen LogP contribution < -0.4 is 10.6 Å². The van der Waals surface area contributed by atoms with Crippen LogP contribution in [-0.4, -0.2) is 46.8 Å². The fourth-order valence-electron chi connectivity index (χ4n) is 2.18. The second-order valence-corrected chi connectivity index (χ2v) is 5.36. The molecule has 0 aromatic rings. The van der Waals surface area contributed by atoms with E-state index >= 15 is 0 Å². The Bertz CT molecular complexity index is 317. The zero-order chi connectivity index (χ0) is 13.8. The lowest BCUT2D eigenvalue weighted by Gasteiger charge is -2.28. The van der Waals surface area contributed by atoms with Crippen molar-refractivity contribution < 1.29 is 19.8 Å². The Balaban J connectivity index is 2.38. The number of aliphatic hydroxyl groups is 1. The maximum atomic E-state index is 11.9. The SMILES string of the molecule is CC1CC(C(=O)NCC(C)(O)CC(=O)O)CCN1. The van der Waals surface area contributed by atoms with Crippen LogP contribution in [-0.2, 0) is 9.59 Å². The van der Waals surface area contributed by atoms with Crippen LogP contribution >= 0.6 is 0 Å². The summed E-state index contributed by atoms with van der Waals surface area (Å²) in [6.45, 7) is 4.22. The molecule has 0 aromatic carbocycles. The summed E-state index contributed by atoms with van der Waals surface area (Å²) in [5.74, 6) is -1.24. The molecule has 0 spiro atoms. The highest BCUT2D eigenvalue weighted by atomic mass is 16.4. The van der Waals surface area contributed by atoms with Crippen LogP contribution in [0.4, 0.5) is 0 Å². The van der Waals surface area contributed by atoms with Gasteiger partial charge in [-0.25, -0.2) is 0 Å². The Hall–Kier alpha value is -1.14. The fourth-order valence-corrected chi connectivity index (χ4v) is 2.18. The molecule has 1 amide bonds. The number of nitrogens with one attached hydrogen (secondary N) is 2. The molecule has 4 N–H and O–H groups in total.